The molecule has 1 spiro atoms. The van der Waals surface area contributed by atoms with Crippen molar-refractivity contribution in [2.24, 2.45) is 5.92 Å². The van der Waals surface area contributed by atoms with E-state index >= 15 is 0 Å². The molecule has 4 aliphatic heterocycles. The highest BCUT2D eigenvalue weighted by atomic mass is 16.7. The first-order valence-corrected chi connectivity index (χ1v) is 12.4. The number of carbonyl (C=O) groups is 3. The minimum absolute atomic E-state index is 0.0765. The first kappa shape index (κ1) is 22.6. The number of ketones is 2. The van der Waals surface area contributed by atoms with Crippen LogP contribution in [0.25, 0.3) is 6.08 Å². The van der Waals surface area contributed by atoms with Crippen LogP contribution in [0.3, 0.4) is 0 Å². The van der Waals surface area contributed by atoms with Gasteiger partial charge in [-0.3, -0.25) is 14.4 Å². The maximum absolute atomic E-state index is 14.5. The maximum atomic E-state index is 14.5. The smallest absolute Gasteiger partial charge is 0.238 e. The molecule has 4 aliphatic rings. The van der Waals surface area contributed by atoms with Crippen LogP contribution < -0.4 is 24.4 Å². The van der Waals surface area contributed by atoms with E-state index in [9.17, 15) is 14.4 Å². The van der Waals surface area contributed by atoms with E-state index in [1.165, 1.54) is 6.92 Å². The highest BCUT2D eigenvalue weighted by molar-refractivity contribution is 6.16. The van der Waals surface area contributed by atoms with Crippen LogP contribution in [0, 0.1) is 5.92 Å². The number of Topliss-reactive ketones (excluding diaryl/α,β-unsaturated/α-hetero) is 2. The van der Waals surface area contributed by atoms with Gasteiger partial charge in [0.25, 0.3) is 0 Å². The summed E-state index contributed by atoms with van der Waals surface area (Å²) in [5.41, 5.74) is 2.03. The first-order chi connectivity index (χ1) is 18.4. The van der Waals surface area contributed by atoms with E-state index in [1.807, 2.05) is 59.5 Å². The number of fused-ring (bicyclic) bond motifs is 7. The standard InChI is InChI=1S/C30H24N2O6/c1-16(33)27-26(28(34)18-7-11-23-24(14-18)38-15-37-23)30(20-5-3-4-6-21(20)31-29(30)35)25-12-8-17-13-19(36-2)9-10-22(17)32(25)27/h3-14,25-27H,15H2,1-2H3,(H,31,35). The van der Waals surface area contributed by atoms with Gasteiger partial charge in [0.15, 0.2) is 23.1 Å². The zero-order valence-corrected chi connectivity index (χ0v) is 20.8. The zero-order valence-electron chi connectivity index (χ0n) is 20.8. The quantitative estimate of drug-likeness (QED) is 0.533. The van der Waals surface area contributed by atoms with E-state index in [4.69, 9.17) is 14.2 Å². The molecule has 1 N–H and O–H groups in total. The summed E-state index contributed by atoms with van der Waals surface area (Å²) < 4.78 is 16.4. The van der Waals surface area contributed by atoms with Crippen molar-refractivity contribution >= 4 is 34.9 Å². The van der Waals surface area contributed by atoms with Crippen LogP contribution in [0.15, 0.2) is 66.7 Å². The van der Waals surface area contributed by atoms with Crippen molar-refractivity contribution in [1.29, 1.82) is 0 Å². The molecule has 38 heavy (non-hydrogen) atoms. The van der Waals surface area contributed by atoms with Crippen molar-refractivity contribution in [3.63, 3.8) is 0 Å². The Kier molecular flexibility index (Phi) is 4.73. The molecule has 1 amide bonds. The van der Waals surface area contributed by atoms with Crippen LogP contribution in [0.1, 0.15) is 28.4 Å². The molecule has 3 aromatic rings. The molecule has 4 heterocycles. The third kappa shape index (κ3) is 2.82. The lowest BCUT2D eigenvalue weighted by Crippen LogP contribution is -2.51. The van der Waals surface area contributed by atoms with Crippen molar-refractivity contribution in [2.75, 3.05) is 24.1 Å². The molecule has 8 heteroatoms. The Balaban J connectivity index is 1.48. The number of para-hydroxylation sites is 1. The van der Waals surface area contributed by atoms with E-state index < -0.39 is 23.4 Å². The van der Waals surface area contributed by atoms with E-state index in [0.717, 1.165) is 11.3 Å². The summed E-state index contributed by atoms with van der Waals surface area (Å²) in [4.78, 5) is 44.1. The number of nitrogens with zero attached hydrogens (tertiary/aromatic N) is 1. The SMILES string of the molecule is COc1ccc2c(c1)C=CC1N2C(C(C)=O)C(C(=O)c2ccc3c(c2)OCO3)C12C(=O)Nc1ccccc12. The van der Waals surface area contributed by atoms with Crippen LogP contribution in [0.4, 0.5) is 11.4 Å². The zero-order chi connectivity index (χ0) is 26.2. The van der Waals surface area contributed by atoms with E-state index in [2.05, 4.69) is 5.32 Å². The summed E-state index contributed by atoms with van der Waals surface area (Å²) in [7, 11) is 1.60. The molecule has 7 rings (SSSR count). The van der Waals surface area contributed by atoms with Gasteiger partial charge in [-0.15, -0.1) is 0 Å². The first-order valence-electron chi connectivity index (χ1n) is 12.4. The summed E-state index contributed by atoms with van der Waals surface area (Å²) in [6.07, 6.45) is 3.88. The van der Waals surface area contributed by atoms with Crippen LogP contribution >= 0.6 is 0 Å². The van der Waals surface area contributed by atoms with Gasteiger partial charge in [0, 0.05) is 22.5 Å². The minimum Gasteiger partial charge on any atom is -0.497 e. The van der Waals surface area contributed by atoms with Gasteiger partial charge in [-0.2, -0.15) is 0 Å². The second kappa shape index (κ2) is 7.95. The summed E-state index contributed by atoms with van der Waals surface area (Å²) >= 11 is 0. The highest BCUT2D eigenvalue weighted by Crippen LogP contribution is 2.58. The molecule has 1 fully saturated rings. The maximum Gasteiger partial charge on any atom is 0.238 e. The lowest BCUT2D eigenvalue weighted by molar-refractivity contribution is -0.122. The number of hydrogen-bond acceptors (Lipinski definition) is 7. The van der Waals surface area contributed by atoms with E-state index in [1.54, 1.807) is 25.3 Å². The largest absolute Gasteiger partial charge is 0.497 e. The average molecular weight is 509 g/mol. The van der Waals surface area contributed by atoms with Gasteiger partial charge in [-0.25, -0.2) is 0 Å². The lowest BCUT2D eigenvalue weighted by Gasteiger charge is -2.37. The van der Waals surface area contributed by atoms with Gasteiger partial charge >= 0.3 is 0 Å². The van der Waals surface area contributed by atoms with Gasteiger partial charge in [-0.05, 0) is 55.0 Å². The molecular weight excluding hydrogens is 484 g/mol. The second-order valence-corrected chi connectivity index (χ2v) is 9.97. The average Bonchev–Trinajstić information content (AvgIpc) is 3.61. The third-order valence-electron chi connectivity index (χ3n) is 8.20. The molecule has 4 unspecified atom stereocenters. The lowest BCUT2D eigenvalue weighted by atomic mass is 9.64. The Morgan fingerprint density at radius 3 is 2.68 bits per heavy atom. The van der Waals surface area contributed by atoms with Gasteiger partial charge < -0.3 is 24.4 Å². The van der Waals surface area contributed by atoms with E-state index in [0.29, 0.717) is 34.1 Å². The monoisotopic (exact) mass is 508 g/mol. The molecule has 0 radical (unpaired) electrons. The third-order valence-corrected chi connectivity index (χ3v) is 8.20. The molecule has 4 atom stereocenters. The van der Waals surface area contributed by atoms with Gasteiger partial charge in [0.1, 0.15) is 11.2 Å². The molecule has 0 aromatic heterocycles. The number of methoxy groups -OCH3 is 1. The minimum atomic E-state index is -1.32. The van der Waals surface area contributed by atoms with Crippen LogP contribution in [0.5, 0.6) is 17.2 Å². The summed E-state index contributed by atoms with van der Waals surface area (Å²) in [5.74, 6) is -0.0815. The van der Waals surface area contributed by atoms with Crippen molar-refractivity contribution in [3.05, 3.63) is 83.4 Å². The number of carbonyl (C=O) groups excluding carboxylic acids is 3. The topological polar surface area (TPSA) is 94.2 Å². The molecule has 190 valence electrons. The number of nitrogens with one attached hydrogen (secondary N) is 1. The van der Waals surface area contributed by atoms with Gasteiger partial charge in [0.05, 0.1) is 25.1 Å². The molecule has 3 aromatic carbocycles. The molecule has 8 nitrogen and oxygen atoms in total. The number of amides is 1. The molecular formula is C30H24N2O6. The van der Waals surface area contributed by atoms with Crippen LogP contribution in [-0.4, -0.2) is 43.5 Å². The predicted octanol–water partition coefficient (Wildman–Crippen LogP) is 3.99. The van der Waals surface area contributed by atoms with Crippen molar-refractivity contribution in [2.45, 2.75) is 24.4 Å². The number of rotatable bonds is 4. The van der Waals surface area contributed by atoms with Crippen LogP contribution in [0.2, 0.25) is 0 Å². The summed E-state index contributed by atoms with van der Waals surface area (Å²) in [6.45, 7) is 1.56. The molecule has 0 aliphatic carbocycles. The fraction of sp³-hybridized carbons (Fsp3) is 0.233. The summed E-state index contributed by atoms with van der Waals surface area (Å²) in [6, 6.07) is 16.6. The van der Waals surface area contributed by atoms with Gasteiger partial charge in [0.2, 0.25) is 12.7 Å². The molecule has 1 saturated heterocycles. The summed E-state index contributed by atoms with van der Waals surface area (Å²) in [5, 5.41) is 3.02. The van der Waals surface area contributed by atoms with Crippen LogP contribution in [-0.2, 0) is 15.0 Å². The Labute approximate surface area is 218 Å². The van der Waals surface area contributed by atoms with Crippen molar-refractivity contribution in [3.8, 4) is 17.2 Å². The highest BCUT2D eigenvalue weighted by Gasteiger charge is 2.69. The number of hydrogen-bond donors (Lipinski definition) is 1. The number of anilines is 2. The van der Waals surface area contributed by atoms with Crippen molar-refractivity contribution in [1.82, 2.24) is 0 Å². The number of benzene rings is 3. The Bertz CT molecular complexity index is 1580. The predicted molar refractivity (Wildman–Crippen MR) is 140 cm³/mol. The number of ether oxygens (including phenoxy) is 3. The fourth-order valence-corrected chi connectivity index (χ4v) is 6.67. The molecule has 0 saturated carbocycles. The Morgan fingerprint density at radius 2 is 1.87 bits per heavy atom. The van der Waals surface area contributed by atoms with Gasteiger partial charge in [-0.1, -0.05) is 30.4 Å². The van der Waals surface area contributed by atoms with Crippen molar-refractivity contribution < 1.29 is 28.6 Å². The second-order valence-electron chi connectivity index (χ2n) is 9.97. The fourth-order valence-electron chi connectivity index (χ4n) is 6.67. The Morgan fingerprint density at radius 1 is 1.05 bits per heavy atom. The Hall–Kier alpha value is -4.59. The normalized spacial score (nSPS) is 25.6. The molecule has 0 bridgehead atoms. The van der Waals surface area contributed by atoms with E-state index in [-0.39, 0.29) is 24.3 Å².